The summed E-state index contributed by atoms with van der Waals surface area (Å²) in [6, 6.07) is 2.80. The highest BCUT2D eigenvalue weighted by atomic mass is 79.9. The minimum atomic E-state index is -0.477. The van der Waals surface area contributed by atoms with Crippen molar-refractivity contribution in [2.24, 2.45) is 5.92 Å². The van der Waals surface area contributed by atoms with E-state index in [0.29, 0.717) is 23.4 Å². The summed E-state index contributed by atoms with van der Waals surface area (Å²) in [4.78, 5) is 4.02. The first-order chi connectivity index (χ1) is 9.51. The molecule has 2 nitrogen and oxygen atoms in total. The minimum Gasteiger partial charge on any atom is -0.370 e. The molecule has 1 aliphatic rings. The zero-order chi connectivity index (χ0) is 14.7. The Kier molecular flexibility index (Phi) is 5.38. The van der Waals surface area contributed by atoms with Crippen LogP contribution in [0.25, 0.3) is 0 Å². The predicted octanol–water partition coefficient (Wildman–Crippen LogP) is 3.64. The summed E-state index contributed by atoms with van der Waals surface area (Å²) in [6.45, 7) is 2.83. The Morgan fingerprint density at radius 1 is 1.25 bits per heavy atom. The van der Waals surface area contributed by atoms with Gasteiger partial charge < -0.3 is 9.80 Å². The van der Waals surface area contributed by atoms with Crippen molar-refractivity contribution in [3.63, 3.8) is 0 Å². The third-order valence-corrected chi connectivity index (χ3v) is 4.63. The topological polar surface area (TPSA) is 6.48 Å². The van der Waals surface area contributed by atoms with Crippen molar-refractivity contribution in [1.82, 2.24) is 4.90 Å². The van der Waals surface area contributed by atoms with Crippen molar-refractivity contribution in [2.75, 3.05) is 38.6 Å². The molecule has 1 aliphatic heterocycles. The third kappa shape index (κ3) is 3.70. The van der Waals surface area contributed by atoms with Gasteiger partial charge in [-0.3, -0.25) is 0 Å². The molecular weight excluding hydrogens is 326 g/mol. The van der Waals surface area contributed by atoms with Crippen LogP contribution in [0.3, 0.4) is 0 Å². The van der Waals surface area contributed by atoms with Crippen molar-refractivity contribution in [2.45, 2.75) is 18.2 Å². The van der Waals surface area contributed by atoms with Crippen molar-refractivity contribution in [3.8, 4) is 0 Å². The number of halogens is 3. The van der Waals surface area contributed by atoms with Crippen LogP contribution >= 0.6 is 15.9 Å². The molecule has 0 aromatic heterocycles. The number of anilines is 1. The lowest BCUT2D eigenvalue weighted by Crippen LogP contribution is -2.36. The average Bonchev–Trinajstić information content (AvgIpc) is 2.40. The highest BCUT2D eigenvalue weighted by Crippen LogP contribution is 2.27. The molecule has 0 atom stereocenters. The predicted molar refractivity (Wildman–Crippen MR) is 82.5 cm³/mol. The van der Waals surface area contributed by atoms with Crippen LogP contribution in [0, 0.1) is 17.6 Å². The quantitative estimate of drug-likeness (QED) is 0.768. The second-order valence-corrected chi connectivity index (χ2v) is 6.23. The number of nitrogens with zero attached hydrogens (tertiary/aromatic N) is 2. The van der Waals surface area contributed by atoms with Crippen LogP contribution < -0.4 is 4.90 Å². The van der Waals surface area contributed by atoms with Crippen LogP contribution in [0.2, 0.25) is 0 Å². The molecule has 2 rings (SSSR count). The number of hydrogen-bond acceptors (Lipinski definition) is 2. The zero-order valence-corrected chi connectivity index (χ0v) is 13.6. The molecule has 5 heteroatoms. The summed E-state index contributed by atoms with van der Waals surface area (Å²) < 4.78 is 28.1. The summed E-state index contributed by atoms with van der Waals surface area (Å²) in [7, 11) is 3.88. The summed E-state index contributed by atoms with van der Waals surface area (Å²) in [5, 5.41) is 0.458. The van der Waals surface area contributed by atoms with Gasteiger partial charge in [0.1, 0.15) is 17.3 Å². The normalized spacial score (nSPS) is 17.4. The first-order valence-corrected chi connectivity index (χ1v) is 8.07. The minimum absolute atomic E-state index is 0.0913. The van der Waals surface area contributed by atoms with Crippen LogP contribution in [-0.2, 0) is 5.33 Å². The van der Waals surface area contributed by atoms with Crippen molar-refractivity contribution in [1.29, 1.82) is 0 Å². The van der Waals surface area contributed by atoms with Gasteiger partial charge in [-0.25, -0.2) is 8.78 Å². The Hall–Kier alpha value is -0.680. The van der Waals surface area contributed by atoms with E-state index >= 15 is 0 Å². The van der Waals surface area contributed by atoms with E-state index in [1.54, 1.807) is 11.9 Å². The van der Waals surface area contributed by atoms with E-state index in [4.69, 9.17) is 0 Å². The molecule has 20 heavy (non-hydrogen) atoms. The third-order valence-electron chi connectivity index (χ3n) is 3.98. The van der Waals surface area contributed by atoms with Gasteiger partial charge in [-0.05, 0) is 56.6 Å². The van der Waals surface area contributed by atoms with Crippen molar-refractivity contribution >= 4 is 21.6 Å². The molecular formula is C15H21BrF2N2. The highest BCUT2D eigenvalue weighted by molar-refractivity contribution is 9.08. The van der Waals surface area contributed by atoms with E-state index in [9.17, 15) is 8.78 Å². The van der Waals surface area contributed by atoms with Crippen molar-refractivity contribution in [3.05, 3.63) is 29.3 Å². The molecule has 112 valence electrons. The molecule has 0 aliphatic carbocycles. The SMILES string of the molecule is CN1CCC(CN(C)c2c(F)cc(CBr)cc2F)CC1. The van der Waals surface area contributed by atoms with Gasteiger partial charge in [0, 0.05) is 18.9 Å². The van der Waals surface area contributed by atoms with E-state index in [2.05, 4.69) is 27.9 Å². The number of rotatable bonds is 4. The summed E-state index contributed by atoms with van der Waals surface area (Å²) in [5.41, 5.74) is 0.713. The molecule has 0 radical (unpaired) electrons. The van der Waals surface area contributed by atoms with E-state index in [1.807, 2.05) is 0 Å². The molecule has 0 amide bonds. The fourth-order valence-electron chi connectivity index (χ4n) is 2.78. The Morgan fingerprint density at radius 3 is 2.30 bits per heavy atom. The van der Waals surface area contributed by atoms with Gasteiger partial charge in [-0.2, -0.15) is 0 Å². The standard InChI is InChI=1S/C15H21BrF2N2/c1-19-5-3-11(4-6-19)10-20(2)15-13(17)7-12(9-16)8-14(15)18/h7-8,11H,3-6,9-10H2,1-2H3. The van der Waals surface area contributed by atoms with Crippen LogP contribution in [0.1, 0.15) is 18.4 Å². The van der Waals surface area contributed by atoms with Crippen LogP contribution in [0.15, 0.2) is 12.1 Å². The maximum Gasteiger partial charge on any atom is 0.149 e. The second-order valence-electron chi connectivity index (χ2n) is 5.67. The number of benzene rings is 1. The van der Waals surface area contributed by atoms with Gasteiger partial charge in [0.2, 0.25) is 0 Å². The number of likely N-dealkylation sites (tertiary alicyclic amines) is 1. The molecule has 1 aromatic carbocycles. The maximum atomic E-state index is 14.1. The summed E-state index contributed by atoms with van der Waals surface area (Å²) in [6.07, 6.45) is 2.17. The van der Waals surface area contributed by atoms with Gasteiger partial charge in [-0.15, -0.1) is 0 Å². The molecule has 1 aromatic rings. The number of alkyl halides is 1. The molecule has 0 N–H and O–H groups in total. The van der Waals surface area contributed by atoms with Crippen LogP contribution in [0.5, 0.6) is 0 Å². The number of piperidine rings is 1. The first-order valence-electron chi connectivity index (χ1n) is 6.94. The maximum absolute atomic E-state index is 14.1. The average molecular weight is 347 g/mol. The van der Waals surface area contributed by atoms with Crippen LogP contribution in [-0.4, -0.2) is 38.6 Å². The molecule has 0 unspecified atom stereocenters. The smallest absolute Gasteiger partial charge is 0.149 e. The monoisotopic (exact) mass is 346 g/mol. The van der Waals surface area contributed by atoms with Gasteiger partial charge in [0.05, 0.1) is 0 Å². The molecule has 0 spiro atoms. The molecule has 0 bridgehead atoms. The molecule has 1 heterocycles. The molecule has 1 fully saturated rings. The van der Waals surface area contributed by atoms with Gasteiger partial charge in [0.25, 0.3) is 0 Å². The Labute approximate surface area is 127 Å². The zero-order valence-electron chi connectivity index (χ0n) is 12.0. The lowest BCUT2D eigenvalue weighted by molar-refractivity contribution is 0.222. The lowest BCUT2D eigenvalue weighted by Gasteiger charge is -2.32. The highest BCUT2D eigenvalue weighted by Gasteiger charge is 2.21. The van der Waals surface area contributed by atoms with Gasteiger partial charge >= 0.3 is 0 Å². The fourth-order valence-corrected chi connectivity index (χ4v) is 3.11. The van der Waals surface area contributed by atoms with E-state index in [0.717, 1.165) is 25.9 Å². The summed E-state index contributed by atoms with van der Waals surface area (Å²) in [5.74, 6) is -0.449. The van der Waals surface area contributed by atoms with Crippen LogP contribution in [0.4, 0.5) is 14.5 Å². The van der Waals surface area contributed by atoms with E-state index < -0.39 is 11.6 Å². The Morgan fingerprint density at radius 2 is 1.80 bits per heavy atom. The largest absolute Gasteiger partial charge is 0.370 e. The molecule has 1 saturated heterocycles. The first kappa shape index (κ1) is 15.7. The second kappa shape index (κ2) is 6.85. The van der Waals surface area contributed by atoms with E-state index in [1.165, 1.54) is 12.1 Å². The number of hydrogen-bond donors (Lipinski definition) is 0. The lowest BCUT2D eigenvalue weighted by atomic mass is 9.96. The van der Waals surface area contributed by atoms with E-state index in [-0.39, 0.29) is 5.69 Å². The Bertz CT molecular complexity index is 436. The molecule has 0 saturated carbocycles. The fraction of sp³-hybridized carbons (Fsp3) is 0.600. The van der Waals surface area contributed by atoms with Crippen molar-refractivity contribution < 1.29 is 8.78 Å². The van der Waals surface area contributed by atoms with Gasteiger partial charge in [-0.1, -0.05) is 15.9 Å². The Balaban J connectivity index is 2.07. The summed E-state index contributed by atoms with van der Waals surface area (Å²) >= 11 is 3.22. The van der Waals surface area contributed by atoms with Gasteiger partial charge in [0.15, 0.2) is 0 Å².